The fraction of sp³-hybridized carbons (Fsp3) is 0.188. The molecule has 1 aromatic carbocycles. The minimum Gasteiger partial charge on any atom is -0.465 e. The summed E-state index contributed by atoms with van der Waals surface area (Å²) in [5.41, 5.74) is 1.50. The Morgan fingerprint density at radius 1 is 1.27 bits per heavy atom. The van der Waals surface area contributed by atoms with Crippen LogP contribution in [0.15, 0.2) is 28.7 Å². The molecule has 0 saturated carbocycles. The van der Waals surface area contributed by atoms with Crippen LogP contribution in [0.5, 0.6) is 0 Å². The van der Waals surface area contributed by atoms with E-state index < -0.39 is 11.9 Å². The quantitative estimate of drug-likeness (QED) is 0.879. The van der Waals surface area contributed by atoms with Crippen LogP contribution in [0.1, 0.15) is 37.6 Å². The van der Waals surface area contributed by atoms with Crippen LogP contribution in [-0.2, 0) is 4.74 Å². The number of esters is 1. The summed E-state index contributed by atoms with van der Waals surface area (Å²) in [4.78, 5) is 23.7. The highest BCUT2D eigenvalue weighted by Crippen LogP contribution is 2.25. The van der Waals surface area contributed by atoms with Gasteiger partial charge in [0, 0.05) is 11.1 Å². The zero-order valence-electron chi connectivity index (χ0n) is 12.4. The summed E-state index contributed by atoms with van der Waals surface area (Å²) in [7, 11) is 1.27. The number of nitrogens with one attached hydrogen (secondary N) is 1. The molecule has 0 aliphatic rings. The van der Waals surface area contributed by atoms with Crippen LogP contribution < -0.4 is 5.32 Å². The Bertz CT molecular complexity index is 784. The highest BCUT2D eigenvalue weighted by atomic mass is 16.5. The predicted octanol–water partition coefficient (Wildman–Crippen LogP) is 2.81. The molecule has 0 radical (unpaired) electrons. The molecule has 1 N–H and O–H groups in total. The molecule has 6 heteroatoms. The number of methoxy groups -OCH3 is 1. The topological polar surface area (TPSA) is 92.3 Å². The fourth-order valence-corrected chi connectivity index (χ4v) is 1.93. The number of anilines is 1. The van der Waals surface area contributed by atoms with Gasteiger partial charge in [0.25, 0.3) is 5.91 Å². The van der Waals surface area contributed by atoms with Crippen LogP contribution in [-0.4, -0.2) is 19.0 Å². The summed E-state index contributed by atoms with van der Waals surface area (Å²) < 4.78 is 9.99. The fourth-order valence-electron chi connectivity index (χ4n) is 1.93. The SMILES string of the molecule is COC(=O)c1cccc(C(=O)Nc2oc(C)c(C)c2C#N)c1. The summed E-state index contributed by atoms with van der Waals surface area (Å²) in [5.74, 6) is -0.339. The Morgan fingerprint density at radius 3 is 2.59 bits per heavy atom. The van der Waals surface area contributed by atoms with Crippen LogP contribution in [0.3, 0.4) is 0 Å². The minimum absolute atomic E-state index is 0.103. The highest BCUT2D eigenvalue weighted by Gasteiger charge is 2.18. The second kappa shape index (κ2) is 6.14. The van der Waals surface area contributed by atoms with Crippen molar-refractivity contribution in [1.29, 1.82) is 5.26 Å². The van der Waals surface area contributed by atoms with E-state index in [1.54, 1.807) is 32.0 Å². The van der Waals surface area contributed by atoms with E-state index in [-0.39, 0.29) is 22.6 Å². The van der Waals surface area contributed by atoms with Crippen LogP contribution in [0.4, 0.5) is 5.88 Å². The molecule has 0 saturated heterocycles. The second-order valence-corrected chi connectivity index (χ2v) is 4.63. The van der Waals surface area contributed by atoms with Crippen molar-refractivity contribution in [3.63, 3.8) is 0 Å². The van der Waals surface area contributed by atoms with Crippen LogP contribution in [0, 0.1) is 25.2 Å². The molecule has 0 bridgehead atoms. The normalized spacial score (nSPS) is 9.91. The lowest BCUT2D eigenvalue weighted by atomic mass is 10.1. The number of amides is 1. The first kappa shape index (κ1) is 15.3. The van der Waals surface area contributed by atoms with Crippen molar-refractivity contribution in [2.45, 2.75) is 13.8 Å². The summed E-state index contributed by atoms with van der Waals surface area (Å²) >= 11 is 0. The van der Waals surface area contributed by atoms with Gasteiger partial charge in [-0.1, -0.05) is 6.07 Å². The van der Waals surface area contributed by atoms with Crippen LogP contribution >= 0.6 is 0 Å². The number of ether oxygens (including phenoxy) is 1. The van der Waals surface area contributed by atoms with E-state index in [9.17, 15) is 9.59 Å². The highest BCUT2D eigenvalue weighted by molar-refractivity contribution is 6.05. The summed E-state index contributed by atoms with van der Waals surface area (Å²) in [6, 6.07) is 8.08. The van der Waals surface area contributed by atoms with Gasteiger partial charge in [-0.25, -0.2) is 4.79 Å². The molecule has 0 atom stereocenters. The zero-order valence-corrected chi connectivity index (χ0v) is 12.4. The molecule has 2 rings (SSSR count). The third-order valence-electron chi connectivity index (χ3n) is 3.27. The lowest BCUT2D eigenvalue weighted by molar-refractivity contribution is 0.0600. The molecule has 1 heterocycles. The summed E-state index contributed by atoms with van der Waals surface area (Å²) in [6.07, 6.45) is 0. The molecule has 22 heavy (non-hydrogen) atoms. The lowest BCUT2D eigenvalue weighted by Crippen LogP contribution is -2.13. The van der Waals surface area contributed by atoms with Gasteiger partial charge in [-0.3, -0.25) is 10.1 Å². The van der Waals surface area contributed by atoms with Gasteiger partial charge in [0.2, 0.25) is 5.88 Å². The Balaban J connectivity index is 2.29. The van der Waals surface area contributed by atoms with Crippen LogP contribution in [0.25, 0.3) is 0 Å². The molecular weight excluding hydrogens is 284 g/mol. The largest absolute Gasteiger partial charge is 0.465 e. The van der Waals surface area contributed by atoms with E-state index in [0.29, 0.717) is 11.3 Å². The first-order chi connectivity index (χ1) is 10.5. The van der Waals surface area contributed by atoms with E-state index in [1.165, 1.54) is 13.2 Å². The van der Waals surface area contributed by atoms with Gasteiger partial charge < -0.3 is 9.15 Å². The Morgan fingerprint density at radius 2 is 1.95 bits per heavy atom. The monoisotopic (exact) mass is 298 g/mol. The molecule has 1 aromatic heterocycles. The van der Waals surface area contributed by atoms with Gasteiger partial charge in [0.1, 0.15) is 17.4 Å². The van der Waals surface area contributed by atoms with Gasteiger partial charge in [-0.2, -0.15) is 5.26 Å². The Hall–Kier alpha value is -3.07. The van der Waals surface area contributed by atoms with E-state index in [0.717, 1.165) is 0 Å². The van der Waals surface area contributed by atoms with Crippen molar-refractivity contribution in [2.24, 2.45) is 0 Å². The molecule has 0 aliphatic carbocycles. The first-order valence-electron chi connectivity index (χ1n) is 6.47. The van der Waals surface area contributed by atoms with Gasteiger partial charge >= 0.3 is 5.97 Å². The number of aryl methyl sites for hydroxylation is 1. The average Bonchev–Trinajstić information content (AvgIpc) is 2.80. The van der Waals surface area contributed by atoms with E-state index in [4.69, 9.17) is 9.68 Å². The van der Waals surface area contributed by atoms with Gasteiger partial charge in [0.15, 0.2) is 0 Å². The van der Waals surface area contributed by atoms with E-state index in [2.05, 4.69) is 10.1 Å². The first-order valence-corrected chi connectivity index (χ1v) is 6.47. The number of nitriles is 1. The smallest absolute Gasteiger partial charge is 0.337 e. The molecule has 0 fully saturated rings. The minimum atomic E-state index is -0.531. The second-order valence-electron chi connectivity index (χ2n) is 4.63. The maximum atomic E-state index is 12.2. The number of rotatable bonds is 3. The molecule has 6 nitrogen and oxygen atoms in total. The molecule has 112 valence electrons. The van der Waals surface area contributed by atoms with Crippen molar-refractivity contribution >= 4 is 17.8 Å². The van der Waals surface area contributed by atoms with Gasteiger partial charge in [-0.15, -0.1) is 0 Å². The molecule has 1 amide bonds. The maximum absolute atomic E-state index is 12.2. The van der Waals surface area contributed by atoms with Crippen LogP contribution in [0.2, 0.25) is 0 Å². The third-order valence-corrected chi connectivity index (χ3v) is 3.27. The third kappa shape index (κ3) is 2.83. The summed E-state index contributed by atoms with van der Waals surface area (Å²) in [5, 5.41) is 11.7. The maximum Gasteiger partial charge on any atom is 0.337 e. The molecular formula is C16H14N2O4. The predicted molar refractivity (Wildman–Crippen MR) is 78.6 cm³/mol. The van der Waals surface area contributed by atoms with Crippen molar-refractivity contribution < 1.29 is 18.7 Å². The summed E-state index contributed by atoms with van der Waals surface area (Å²) in [6.45, 7) is 3.45. The lowest BCUT2D eigenvalue weighted by Gasteiger charge is -2.04. The van der Waals surface area contributed by atoms with E-state index >= 15 is 0 Å². The van der Waals surface area contributed by atoms with E-state index in [1.807, 2.05) is 6.07 Å². The molecule has 0 spiro atoms. The number of carbonyl (C=O) groups excluding carboxylic acids is 2. The molecule has 0 aliphatic heterocycles. The average molecular weight is 298 g/mol. The van der Waals surface area contributed by atoms with Crippen molar-refractivity contribution in [2.75, 3.05) is 12.4 Å². The number of nitrogens with zero attached hydrogens (tertiary/aromatic N) is 1. The Labute approximate surface area is 127 Å². The number of carbonyl (C=O) groups is 2. The molecule has 0 unspecified atom stereocenters. The van der Waals surface area contributed by atoms with Crippen molar-refractivity contribution in [3.8, 4) is 6.07 Å². The van der Waals surface area contributed by atoms with Crippen molar-refractivity contribution in [3.05, 3.63) is 52.3 Å². The number of hydrogen-bond donors (Lipinski definition) is 1. The van der Waals surface area contributed by atoms with Gasteiger partial charge in [-0.05, 0) is 32.0 Å². The number of furan rings is 1. The Kier molecular flexibility index (Phi) is 4.28. The van der Waals surface area contributed by atoms with Gasteiger partial charge in [0.05, 0.1) is 12.7 Å². The molecule has 2 aromatic rings. The number of hydrogen-bond acceptors (Lipinski definition) is 5. The standard InChI is InChI=1S/C16H14N2O4/c1-9-10(2)22-15(13(9)8-17)18-14(19)11-5-4-6-12(7-11)16(20)21-3/h4-7H,1-3H3,(H,18,19). The van der Waals surface area contributed by atoms with Crippen molar-refractivity contribution in [1.82, 2.24) is 0 Å². The number of benzene rings is 1. The zero-order chi connectivity index (χ0) is 16.3.